The lowest BCUT2D eigenvalue weighted by Crippen LogP contribution is -2.54. The van der Waals surface area contributed by atoms with Gasteiger partial charge >= 0.3 is 11.9 Å². The van der Waals surface area contributed by atoms with Gasteiger partial charge in [0.05, 0.1) is 39.2 Å². The molecule has 0 saturated heterocycles. The number of aryl methyl sites for hydroxylation is 1. The highest BCUT2D eigenvalue weighted by Crippen LogP contribution is 2.41. The van der Waals surface area contributed by atoms with Crippen LogP contribution in [-0.2, 0) is 36.8 Å². The van der Waals surface area contributed by atoms with Gasteiger partial charge in [-0.05, 0) is 49.8 Å². The smallest absolute Gasteiger partial charge is 0.327 e. The summed E-state index contributed by atoms with van der Waals surface area (Å²) in [5.41, 5.74) is 2.01. The lowest BCUT2D eigenvalue weighted by atomic mass is 10.0. The number of carbonyl (C=O) groups is 3. The van der Waals surface area contributed by atoms with Crippen LogP contribution in [0.1, 0.15) is 37.3 Å². The van der Waals surface area contributed by atoms with Crippen LogP contribution >= 0.6 is 0 Å². The lowest BCUT2D eigenvalue weighted by Gasteiger charge is -2.28. The number of hydrogen-bond donors (Lipinski definition) is 2. The van der Waals surface area contributed by atoms with Crippen LogP contribution in [0.2, 0.25) is 0 Å². The van der Waals surface area contributed by atoms with Crippen molar-refractivity contribution in [3.63, 3.8) is 0 Å². The van der Waals surface area contributed by atoms with Gasteiger partial charge in [0.15, 0.2) is 11.5 Å². The number of aliphatic carboxylic acids is 1. The summed E-state index contributed by atoms with van der Waals surface area (Å²) in [7, 11) is 2.92. The van der Waals surface area contributed by atoms with E-state index in [1.54, 1.807) is 19.1 Å². The van der Waals surface area contributed by atoms with Gasteiger partial charge in [-0.3, -0.25) is 19.8 Å². The summed E-state index contributed by atoms with van der Waals surface area (Å²) in [4.78, 5) is 54.6. The number of fused-ring (bicyclic) bond motifs is 1. The first-order valence-corrected chi connectivity index (χ1v) is 13.2. The molecule has 13 heteroatoms. The maximum absolute atomic E-state index is 13.7. The number of nitrogens with zero attached hydrogens (tertiary/aromatic N) is 2. The van der Waals surface area contributed by atoms with Gasteiger partial charge in [-0.1, -0.05) is 30.3 Å². The molecule has 0 bridgehead atoms. The van der Waals surface area contributed by atoms with Crippen molar-refractivity contribution in [3.8, 4) is 11.5 Å². The summed E-state index contributed by atoms with van der Waals surface area (Å²) < 4.78 is 16.1. The molecule has 41 heavy (non-hydrogen) atoms. The Morgan fingerprint density at radius 3 is 2.39 bits per heavy atom. The van der Waals surface area contributed by atoms with E-state index < -0.39 is 41.1 Å². The van der Waals surface area contributed by atoms with Crippen molar-refractivity contribution in [2.45, 2.75) is 57.2 Å². The summed E-state index contributed by atoms with van der Waals surface area (Å²) in [5, 5.41) is 22.3. The molecule has 3 unspecified atom stereocenters. The summed E-state index contributed by atoms with van der Waals surface area (Å²) in [6.45, 7) is 1.48. The number of carboxylic acids is 1. The largest absolute Gasteiger partial charge is 0.493 e. The van der Waals surface area contributed by atoms with Gasteiger partial charge < -0.3 is 24.2 Å². The minimum atomic E-state index is -1.17. The maximum atomic E-state index is 13.7. The van der Waals surface area contributed by atoms with Crippen LogP contribution in [0.5, 0.6) is 11.5 Å². The van der Waals surface area contributed by atoms with E-state index in [4.69, 9.17) is 14.2 Å². The van der Waals surface area contributed by atoms with Crippen LogP contribution in [0.4, 0.5) is 5.69 Å². The Morgan fingerprint density at radius 2 is 1.76 bits per heavy atom. The summed E-state index contributed by atoms with van der Waals surface area (Å²) >= 11 is 0. The highest BCUT2D eigenvalue weighted by Gasteiger charge is 2.41. The number of rotatable bonds is 16. The Balaban J connectivity index is 1.75. The molecule has 0 fully saturated rings. The van der Waals surface area contributed by atoms with Crippen LogP contribution in [-0.4, -0.2) is 73.6 Å². The number of anilines is 1. The molecular weight excluding hydrogens is 538 g/mol. The van der Waals surface area contributed by atoms with Gasteiger partial charge in [-0.15, -0.1) is 10.1 Å². The molecule has 1 aliphatic rings. The summed E-state index contributed by atoms with van der Waals surface area (Å²) in [5.74, 6) is -1.51. The molecule has 1 heterocycles. The van der Waals surface area contributed by atoms with Gasteiger partial charge in [-0.2, -0.15) is 0 Å². The topological polar surface area (TPSA) is 167 Å². The van der Waals surface area contributed by atoms with Crippen LogP contribution in [0.25, 0.3) is 0 Å². The van der Waals surface area contributed by atoms with Gasteiger partial charge in [-0.25, -0.2) is 4.79 Å². The third kappa shape index (κ3) is 8.30. The molecule has 0 spiro atoms. The van der Waals surface area contributed by atoms with E-state index in [0.29, 0.717) is 48.4 Å². The number of hydrogen-bond acceptors (Lipinski definition) is 10. The Kier molecular flexibility index (Phi) is 11.3. The van der Waals surface area contributed by atoms with E-state index in [1.165, 1.54) is 19.1 Å². The number of ether oxygens (including phenoxy) is 3. The highest BCUT2D eigenvalue weighted by molar-refractivity contribution is 6.04. The highest BCUT2D eigenvalue weighted by atomic mass is 16.9. The monoisotopic (exact) mass is 573 g/mol. The molecule has 2 N–H and O–H groups in total. The average Bonchev–Trinajstić information content (AvgIpc) is 3.34. The van der Waals surface area contributed by atoms with Crippen molar-refractivity contribution in [2.75, 3.05) is 32.3 Å². The molecule has 0 radical (unpaired) electrons. The number of carboxylic acid groups (broad SMARTS) is 1. The minimum absolute atomic E-state index is 0.0218. The molecule has 0 aliphatic carbocycles. The third-order valence-electron chi connectivity index (χ3n) is 6.74. The molecular formula is C28H35N3O10. The number of benzene rings is 2. The number of esters is 1. The Labute approximate surface area is 237 Å². The van der Waals surface area contributed by atoms with Gasteiger partial charge in [0.2, 0.25) is 5.91 Å². The molecule has 222 valence electrons. The molecule has 3 atom stereocenters. The zero-order chi connectivity index (χ0) is 29.9. The first-order valence-electron chi connectivity index (χ1n) is 13.2. The first-order chi connectivity index (χ1) is 19.7. The summed E-state index contributed by atoms with van der Waals surface area (Å²) in [6.07, 6.45) is 1.60. The van der Waals surface area contributed by atoms with Crippen molar-refractivity contribution in [3.05, 3.63) is 63.7 Å². The third-order valence-corrected chi connectivity index (χ3v) is 6.74. The van der Waals surface area contributed by atoms with E-state index in [9.17, 15) is 29.6 Å². The van der Waals surface area contributed by atoms with E-state index in [1.807, 2.05) is 30.3 Å². The quantitative estimate of drug-likeness (QED) is 0.131. The molecule has 2 aromatic rings. The summed E-state index contributed by atoms with van der Waals surface area (Å²) in [6, 6.07) is 9.77. The Morgan fingerprint density at radius 1 is 1.10 bits per heavy atom. The molecule has 0 aromatic heterocycles. The van der Waals surface area contributed by atoms with E-state index in [0.717, 1.165) is 5.56 Å². The predicted molar refractivity (Wildman–Crippen MR) is 146 cm³/mol. The van der Waals surface area contributed by atoms with E-state index in [2.05, 4.69) is 10.2 Å². The second-order valence-corrected chi connectivity index (χ2v) is 9.50. The van der Waals surface area contributed by atoms with E-state index >= 15 is 0 Å². The molecule has 1 amide bonds. The number of nitrogens with one attached hydrogen (secondary N) is 1. The van der Waals surface area contributed by atoms with Crippen molar-refractivity contribution in [1.29, 1.82) is 0 Å². The minimum Gasteiger partial charge on any atom is -0.493 e. The number of amides is 1. The lowest BCUT2D eigenvalue weighted by molar-refractivity contribution is -0.757. The molecule has 2 aromatic carbocycles. The molecule has 13 nitrogen and oxygen atoms in total. The van der Waals surface area contributed by atoms with Gasteiger partial charge in [0.1, 0.15) is 12.1 Å². The maximum Gasteiger partial charge on any atom is 0.327 e. The fourth-order valence-corrected chi connectivity index (χ4v) is 4.66. The predicted octanol–water partition coefficient (Wildman–Crippen LogP) is 2.56. The Bertz CT molecular complexity index is 1220. The zero-order valence-electron chi connectivity index (χ0n) is 23.2. The fourth-order valence-electron chi connectivity index (χ4n) is 4.66. The second kappa shape index (κ2) is 14.8. The number of methoxy groups -OCH3 is 2. The van der Waals surface area contributed by atoms with E-state index in [-0.39, 0.29) is 19.6 Å². The fraction of sp³-hybridized carbons (Fsp3) is 0.464. The second-order valence-electron chi connectivity index (χ2n) is 9.50. The Hall–Kier alpha value is -4.39. The SMILES string of the molecule is COc1cc2c(cc1OC)N(C(=O)C(C)NC(CCc1ccccc1)C(=O)OCCCCO[N+](=O)[O-])C(C(=O)O)C2. The number of carbonyl (C=O) groups excluding carboxylic acids is 2. The standard InChI is InChI=1S/C28H35N3O10/c1-18(26(32)30-22-17-25(39-3)24(38-2)16-20(22)15-23(30)27(33)34)29-21(12-11-19-9-5-4-6-10-19)28(35)40-13-7-8-14-41-31(36)37/h4-6,9-10,16-18,21,23,29H,7-8,11-15H2,1-3H3,(H,33,34). The van der Waals surface area contributed by atoms with Crippen molar-refractivity contribution in [2.24, 2.45) is 0 Å². The number of unbranched alkanes of at least 4 members (excludes halogenated alkanes) is 1. The van der Waals surface area contributed by atoms with Crippen LogP contribution in [0.15, 0.2) is 42.5 Å². The van der Waals surface area contributed by atoms with Crippen molar-refractivity contribution >= 4 is 23.5 Å². The van der Waals surface area contributed by atoms with Gasteiger partial charge in [0, 0.05) is 12.5 Å². The molecule has 0 saturated carbocycles. The van der Waals surface area contributed by atoms with Crippen LogP contribution in [0, 0.1) is 10.1 Å². The van der Waals surface area contributed by atoms with Crippen LogP contribution in [0.3, 0.4) is 0 Å². The molecule has 3 rings (SSSR count). The zero-order valence-corrected chi connectivity index (χ0v) is 23.2. The first kappa shape index (κ1) is 31.1. The van der Waals surface area contributed by atoms with Crippen molar-refractivity contribution < 1.29 is 43.6 Å². The normalized spacial score (nSPS) is 15.4. The van der Waals surface area contributed by atoms with Crippen molar-refractivity contribution in [1.82, 2.24) is 5.32 Å². The average molecular weight is 574 g/mol. The van der Waals surface area contributed by atoms with Gasteiger partial charge in [0.25, 0.3) is 5.09 Å². The molecule has 1 aliphatic heterocycles. The van der Waals surface area contributed by atoms with Crippen LogP contribution < -0.4 is 19.7 Å².